The standard InChI is InChI=1S/C20H21Cl2NO4S2/c1-2-26-17(24)11-27-18-14(21)8-12(9-15(18)22)10-16-19(25)23(20(28)29-16)13-6-4-3-5-7-13/h8-10,13H,2-7,11H2,1H3/b16-10+. The molecule has 9 heteroatoms. The Labute approximate surface area is 189 Å². The van der Waals surface area contributed by atoms with Crippen molar-refractivity contribution in [2.75, 3.05) is 13.2 Å². The normalized spacial score (nSPS) is 19.1. The predicted octanol–water partition coefficient (Wildman–Crippen LogP) is 5.47. The Morgan fingerprint density at radius 2 is 1.93 bits per heavy atom. The highest BCUT2D eigenvalue weighted by Crippen LogP contribution is 2.39. The molecule has 1 aliphatic heterocycles. The molecule has 2 aliphatic rings. The number of hydrogen-bond acceptors (Lipinski definition) is 6. The Bertz CT molecular complexity index is 830. The predicted molar refractivity (Wildman–Crippen MR) is 120 cm³/mol. The van der Waals surface area contributed by atoms with Crippen LogP contribution in [0, 0.1) is 0 Å². The molecule has 1 amide bonds. The molecule has 156 valence electrons. The summed E-state index contributed by atoms with van der Waals surface area (Å²) in [5.74, 6) is -0.370. The van der Waals surface area contributed by atoms with Crippen molar-refractivity contribution in [2.45, 2.75) is 45.1 Å². The van der Waals surface area contributed by atoms with E-state index in [1.54, 1.807) is 30.0 Å². The number of amides is 1. The molecule has 5 nitrogen and oxygen atoms in total. The highest BCUT2D eigenvalue weighted by atomic mass is 35.5. The molecule has 0 aromatic heterocycles. The third kappa shape index (κ3) is 5.45. The second-order valence-corrected chi connectivity index (χ2v) is 9.24. The molecular weight excluding hydrogens is 453 g/mol. The molecule has 1 saturated heterocycles. The van der Waals surface area contributed by atoms with E-state index in [0.29, 0.717) is 14.8 Å². The molecule has 0 unspecified atom stereocenters. The third-order valence-corrected chi connectivity index (χ3v) is 6.61. The van der Waals surface area contributed by atoms with Crippen LogP contribution < -0.4 is 4.74 Å². The van der Waals surface area contributed by atoms with Gasteiger partial charge in [0.2, 0.25) is 0 Å². The summed E-state index contributed by atoms with van der Waals surface area (Å²) in [5, 5.41) is 0.492. The number of benzene rings is 1. The lowest BCUT2D eigenvalue weighted by Crippen LogP contribution is -2.39. The van der Waals surface area contributed by atoms with E-state index in [1.807, 2.05) is 0 Å². The van der Waals surface area contributed by atoms with Crippen LogP contribution in [0.5, 0.6) is 5.75 Å². The van der Waals surface area contributed by atoms with E-state index < -0.39 is 5.97 Å². The van der Waals surface area contributed by atoms with Gasteiger partial charge in [0, 0.05) is 6.04 Å². The molecule has 0 bridgehead atoms. The van der Waals surface area contributed by atoms with Crippen LogP contribution in [0.25, 0.3) is 6.08 Å². The molecule has 3 rings (SSSR count). The lowest BCUT2D eigenvalue weighted by Gasteiger charge is -2.29. The Kier molecular flexibility index (Phi) is 7.85. The number of thioether (sulfide) groups is 1. The minimum absolute atomic E-state index is 0.0678. The minimum atomic E-state index is -0.505. The maximum Gasteiger partial charge on any atom is 0.344 e. The molecular formula is C20H21Cl2NO4S2. The lowest BCUT2D eigenvalue weighted by atomic mass is 9.94. The number of hydrogen-bond donors (Lipinski definition) is 0. The lowest BCUT2D eigenvalue weighted by molar-refractivity contribution is -0.145. The molecule has 1 aliphatic carbocycles. The Hall–Kier alpha value is -1.28. The van der Waals surface area contributed by atoms with Crippen molar-refractivity contribution in [2.24, 2.45) is 0 Å². The zero-order valence-electron chi connectivity index (χ0n) is 15.9. The van der Waals surface area contributed by atoms with Crippen molar-refractivity contribution in [3.63, 3.8) is 0 Å². The summed E-state index contributed by atoms with van der Waals surface area (Å²) in [5.41, 5.74) is 0.660. The first-order valence-corrected chi connectivity index (χ1v) is 11.4. The summed E-state index contributed by atoms with van der Waals surface area (Å²) in [4.78, 5) is 26.7. The molecule has 1 aromatic carbocycles. The molecule has 1 saturated carbocycles. The molecule has 0 atom stereocenters. The summed E-state index contributed by atoms with van der Waals surface area (Å²) in [6.45, 7) is 1.69. The van der Waals surface area contributed by atoms with Crippen LogP contribution in [0.4, 0.5) is 0 Å². The van der Waals surface area contributed by atoms with E-state index >= 15 is 0 Å². The molecule has 1 aromatic rings. The van der Waals surface area contributed by atoms with E-state index in [2.05, 4.69) is 0 Å². The van der Waals surface area contributed by atoms with Gasteiger partial charge in [-0.3, -0.25) is 9.69 Å². The molecule has 0 N–H and O–H groups in total. The first-order valence-electron chi connectivity index (χ1n) is 9.45. The summed E-state index contributed by atoms with van der Waals surface area (Å²) in [6, 6.07) is 3.47. The van der Waals surface area contributed by atoms with Crippen LogP contribution in [-0.2, 0) is 14.3 Å². The second kappa shape index (κ2) is 10.2. The largest absolute Gasteiger partial charge is 0.479 e. The second-order valence-electron chi connectivity index (χ2n) is 6.75. The first kappa shape index (κ1) is 22.4. The van der Waals surface area contributed by atoms with Crippen LogP contribution in [0.1, 0.15) is 44.6 Å². The highest BCUT2D eigenvalue weighted by Gasteiger charge is 2.37. The van der Waals surface area contributed by atoms with Crippen molar-refractivity contribution in [3.8, 4) is 5.75 Å². The number of nitrogens with zero attached hydrogens (tertiary/aromatic N) is 1. The first-order chi connectivity index (χ1) is 13.9. The van der Waals surface area contributed by atoms with Gasteiger partial charge in [-0.05, 0) is 43.5 Å². The Morgan fingerprint density at radius 1 is 1.28 bits per heavy atom. The fourth-order valence-electron chi connectivity index (χ4n) is 3.42. The Balaban J connectivity index is 1.75. The number of ether oxygens (including phenoxy) is 2. The van der Waals surface area contributed by atoms with Gasteiger partial charge in [-0.15, -0.1) is 0 Å². The number of halogens is 2. The number of thiocarbonyl (C=S) groups is 1. The van der Waals surface area contributed by atoms with Crippen molar-refractivity contribution in [1.29, 1.82) is 0 Å². The van der Waals surface area contributed by atoms with Crippen molar-refractivity contribution >= 4 is 69.5 Å². The summed E-state index contributed by atoms with van der Waals surface area (Å²) in [6.07, 6.45) is 7.17. The average molecular weight is 474 g/mol. The summed E-state index contributed by atoms with van der Waals surface area (Å²) >= 11 is 19.3. The number of carbonyl (C=O) groups excluding carboxylic acids is 2. The number of carbonyl (C=O) groups is 2. The van der Waals surface area contributed by atoms with Gasteiger partial charge < -0.3 is 9.47 Å². The van der Waals surface area contributed by atoms with Gasteiger partial charge in [0.15, 0.2) is 12.4 Å². The van der Waals surface area contributed by atoms with Crippen LogP contribution in [0.15, 0.2) is 17.0 Å². The van der Waals surface area contributed by atoms with Gasteiger partial charge >= 0.3 is 5.97 Å². The van der Waals surface area contributed by atoms with Gasteiger partial charge in [-0.2, -0.15) is 0 Å². The van der Waals surface area contributed by atoms with Crippen LogP contribution in [0.2, 0.25) is 10.0 Å². The average Bonchev–Trinajstić information content (AvgIpc) is 2.95. The van der Waals surface area contributed by atoms with Crippen LogP contribution >= 0.6 is 47.2 Å². The fraction of sp³-hybridized carbons (Fsp3) is 0.450. The van der Waals surface area contributed by atoms with Gasteiger partial charge in [0.05, 0.1) is 21.6 Å². The molecule has 0 radical (unpaired) electrons. The maximum atomic E-state index is 12.9. The zero-order chi connectivity index (χ0) is 21.0. The smallest absolute Gasteiger partial charge is 0.344 e. The van der Waals surface area contributed by atoms with Gasteiger partial charge in [-0.25, -0.2) is 4.79 Å². The summed E-state index contributed by atoms with van der Waals surface area (Å²) < 4.78 is 10.8. The van der Waals surface area contributed by atoms with E-state index in [9.17, 15) is 9.59 Å². The van der Waals surface area contributed by atoms with Crippen LogP contribution in [-0.4, -0.2) is 40.4 Å². The van der Waals surface area contributed by atoms with E-state index in [-0.39, 0.29) is 41.0 Å². The van der Waals surface area contributed by atoms with Gasteiger partial charge in [0.1, 0.15) is 4.32 Å². The van der Waals surface area contributed by atoms with E-state index in [1.165, 1.54) is 18.2 Å². The molecule has 0 spiro atoms. The zero-order valence-corrected chi connectivity index (χ0v) is 19.1. The Morgan fingerprint density at radius 3 is 2.55 bits per heavy atom. The minimum Gasteiger partial charge on any atom is -0.479 e. The quantitative estimate of drug-likeness (QED) is 0.310. The SMILES string of the molecule is CCOC(=O)COc1c(Cl)cc(/C=C2/SC(=S)N(C3CCCCC3)C2=O)cc1Cl. The molecule has 1 heterocycles. The fourth-order valence-corrected chi connectivity index (χ4v) is 5.43. The highest BCUT2D eigenvalue weighted by molar-refractivity contribution is 8.26. The van der Waals surface area contributed by atoms with Crippen molar-refractivity contribution < 1.29 is 19.1 Å². The van der Waals surface area contributed by atoms with Crippen molar-refractivity contribution in [1.82, 2.24) is 4.90 Å². The number of rotatable bonds is 6. The van der Waals surface area contributed by atoms with Crippen LogP contribution in [0.3, 0.4) is 0 Å². The summed E-state index contributed by atoms with van der Waals surface area (Å²) in [7, 11) is 0. The molecule has 2 fully saturated rings. The maximum absolute atomic E-state index is 12.9. The van der Waals surface area contributed by atoms with Gasteiger partial charge in [-0.1, -0.05) is 66.4 Å². The van der Waals surface area contributed by atoms with Gasteiger partial charge in [0.25, 0.3) is 5.91 Å². The van der Waals surface area contributed by atoms with E-state index in [4.69, 9.17) is 44.9 Å². The third-order valence-electron chi connectivity index (χ3n) is 4.72. The molecule has 29 heavy (non-hydrogen) atoms. The monoisotopic (exact) mass is 473 g/mol. The van der Waals surface area contributed by atoms with Crippen molar-refractivity contribution in [3.05, 3.63) is 32.6 Å². The number of esters is 1. The van der Waals surface area contributed by atoms with E-state index in [0.717, 1.165) is 25.7 Å². The topological polar surface area (TPSA) is 55.8 Å².